The van der Waals surface area contributed by atoms with Gasteiger partial charge in [-0.25, -0.2) is 0 Å². The molecule has 0 aliphatic heterocycles. The molecule has 100 valence electrons. The van der Waals surface area contributed by atoms with Crippen LogP contribution >= 0.6 is 0 Å². The second-order valence-electron chi connectivity index (χ2n) is 5.15. The molecule has 0 heterocycles. The van der Waals surface area contributed by atoms with E-state index in [0.29, 0.717) is 0 Å². The number of hydrogen-bond donors (Lipinski definition) is 0. The van der Waals surface area contributed by atoms with Crippen LogP contribution in [0.25, 0.3) is 6.08 Å². The van der Waals surface area contributed by atoms with E-state index in [1.165, 1.54) is 68.1 Å². The van der Waals surface area contributed by atoms with Gasteiger partial charge >= 0.3 is 0 Å². The highest BCUT2D eigenvalue weighted by Crippen LogP contribution is 2.18. The Hall–Kier alpha value is -1.04. The van der Waals surface area contributed by atoms with Crippen LogP contribution in [0.5, 0.6) is 0 Å². The molecule has 0 saturated heterocycles. The first-order chi connectivity index (χ1) is 8.81. The molecule has 0 aliphatic carbocycles. The van der Waals surface area contributed by atoms with Gasteiger partial charge in [-0.1, -0.05) is 70.4 Å². The predicted molar refractivity (Wildman–Crippen MR) is 83.0 cm³/mol. The molecule has 0 saturated carbocycles. The fourth-order valence-electron chi connectivity index (χ4n) is 2.37. The van der Waals surface area contributed by atoms with E-state index in [2.05, 4.69) is 38.6 Å². The molecule has 0 radical (unpaired) electrons. The van der Waals surface area contributed by atoms with Crippen molar-refractivity contribution in [3.63, 3.8) is 0 Å². The molecule has 18 heavy (non-hydrogen) atoms. The Morgan fingerprint density at radius 3 is 2.22 bits per heavy atom. The van der Waals surface area contributed by atoms with Crippen molar-refractivity contribution in [2.75, 3.05) is 0 Å². The van der Waals surface area contributed by atoms with Crippen LogP contribution in [0.1, 0.15) is 69.1 Å². The van der Waals surface area contributed by atoms with Crippen LogP contribution in [0.4, 0.5) is 0 Å². The monoisotopic (exact) mass is 244 g/mol. The van der Waals surface area contributed by atoms with Crippen LogP contribution in [0, 0.1) is 0 Å². The molecular formula is C18H28. The summed E-state index contributed by atoms with van der Waals surface area (Å²) in [5.74, 6) is 0. The SMILES string of the molecule is C=Cc1ccc(CCCCC)cc1CCCCC. The number of unbranched alkanes of at least 4 members (excludes halogenated alkanes) is 4. The lowest BCUT2D eigenvalue weighted by atomic mass is 9.96. The van der Waals surface area contributed by atoms with Gasteiger partial charge in [0.2, 0.25) is 0 Å². The predicted octanol–water partition coefficient (Wildman–Crippen LogP) is 5.80. The van der Waals surface area contributed by atoms with E-state index in [4.69, 9.17) is 0 Å². The van der Waals surface area contributed by atoms with Gasteiger partial charge in [0, 0.05) is 0 Å². The van der Waals surface area contributed by atoms with Crippen molar-refractivity contribution in [3.8, 4) is 0 Å². The Morgan fingerprint density at radius 2 is 1.61 bits per heavy atom. The lowest BCUT2D eigenvalue weighted by Crippen LogP contribution is -1.94. The first-order valence-corrected chi connectivity index (χ1v) is 7.56. The highest BCUT2D eigenvalue weighted by molar-refractivity contribution is 5.53. The van der Waals surface area contributed by atoms with E-state index in [9.17, 15) is 0 Å². The zero-order valence-electron chi connectivity index (χ0n) is 12.2. The molecular weight excluding hydrogens is 216 g/mol. The molecule has 0 amide bonds. The van der Waals surface area contributed by atoms with E-state index < -0.39 is 0 Å². The molecule has 1 aromatic rings. The summed E-state index contributed by atoms with van der Waals surface area (Å²) in [6.07, 6.45) is 12.3. The molecule has 0 aliphatic rings. The van der Waals surface area contributed by atoms with Crippen LogP contribution < -0.4 is 0 Å². The molecule has 0 unspecified atom stereocenters. The maximum absolute atomic E-state index is 3.92. The van der Waals surface area contributed by atoms with Crippen molar-refractivity contribution >= 4 is 6.08 Å². The third-order valence-electron chi connectivity index (χ3n) is 3.55. The highest BCUT2D eigenvalue weighted by Gasteiger charge is 2.02. The highest BCUT2D eigenvalue weighted by atomic mass is 14.1. The third-order valence-corrected chi connectivity index (χ3v) is 3.55. The first-order valence-electron chi connectivity index (χ1n) is 7.56. The molecule has 1 aromatic carbocycles. The van der Waals surface area contributed by atoms with Gasteiger partial charge in [0.1, 0.15) is 0 Å². The van der Waals surface area contributed by atoms with E-state index in [-0.39, 0.29) is 0 Å². The maximum atomic E-state index is 3.92. The average Bonchev–Trinajstić information content (AvgIpc) is 2.40. The molecule has 0 N–H and O–H groups in total. The summed E-state index contributed by atoms with van der Waals surface area (Å²) in [5, 5.41) is 0. The van der Waals surface area contributed by atoms with Crippen LogP contribution in [0.3, 0.4) is 0 Å². The number of hydrogen-bond acceptors (Lipinski definition) is 0. The molecule has 0 spiro atoms. The Balaban J connectivity index is 2.65. The molecule has 0 nitrogen and oxygen atoms in total. The van der Waals surface area contributed by atoms with E-state index in [0.717, 1.165) is 0 Å². The first kappa shape index (κ1) is 15.0. The minimum atomic E-state index is 1.21. The van der Waals surface area contributed by atoms with Crippen molar-refractivity contribution in [1.29, 1.82) is 0 Å². The van der Waals surface area contributed by atoms with Gasteiger partial charge in [0.05, 0.1) is 0 Å². The van der Waals surface area contributed by atoms with Crippen LogP contribution in [0.15, 0.2) is 24.8 Å². The fourth-order valence-corrected chi connectivity index (χ4v) is 2.37. The molecule has 0 bridgehead atoms. The normalized spacial score (nSPS) is 10.6. The van der Waals surface area contributed by atoms with Gasteiger partial charge in [-0.3, -0.25) is 0 Å². The van der Waals surface area contributed by atoms with Gasteiger partial charge in [0.25, 0.3) is 0 Å². The summed E-state index contributed by atoms with van der Waals surface area (Å²) in [6, 6.07) is 6.92. The molecule has 0 atom stereocenters. The maximum Gasteiger partial charge on any atom is -0.0230 e. The minimum Gasteiger partial charge on any atom is -0.0985 e. The second-order valence-corrected chi connectivity index (χ2v) is 5.15. The van der Waals surface area contributed by atoms with Crippen LogP contribution in [-0.4, -0.2) is 0 Å². The Morgan fingerprint density at radius 1 is 0.944 bits per heavy atom. The van der Waals surface area contributed by atoms with E-state index >= 15 is 0 Å². The molecule has 0 fully saturated rings. The average molecular weight is 244 g/mol. The van der Waals surface area contributed by atoms with Crippen molar-refractivity contribution in [1.82, 2.24) is 0 Å². The summed E-state index contributed by atoms with van der Waals surface area (Å²) < 4.78 is 0. The summed E-state index contributed by atoms with van der Waals surface area (Å²) in [4.78, 5) is 0. The summed E-state index contributed by atoms with van der Waals surface area (Å²) in [5.41, 5.74) is 4.32. The zero-order valence-corrected chi connectivity index (χ0v) is 12.2. The van der Waals surface area contributed by atoms with Crippen molar-refractivity contribution in [3.05, 3.63) is 41.5 Å². The van der Waals surface area contributed by atoms with Crippen molar-refractivity contribution in [2.24, 2.45) is 0 Å². The van der Waals surface area contributed by atoms with Crippen molar-refractivity contribution in [2.45, 2.75) is 65.2 Å². The summed E-state index contributed by atoms with van der Waals surface area (Å²) in [6.45, 7) is 8.45. The smallest absolute Gasteiger partial charge is 0.0230 e. The second kappa shape index (κ2) is 8.97. The van der Waals surface area contributed by atoms with Gasteiger partial charge in [-0.2, -0.15) is 0 Å². The summed E-state index contributed by atoms with van der Waals surface area (Å²) >= 11 is 0. The van der Waals surface area contributed by atoms with E-state index in [1.54, 1.807) is 0 Å². The standard InChI is InChI=1S/C18H28/c1-4-7-9-11-16-13-14-17(6-3)18(15-16)12-10-8-5-2/h6,13-15H,3-5,7-12H2,1-2H3. The largest absolute Gasteiger partial charge is 0.0985 e. The minimum absolute atomic E-state index is 1.21. The third kappa shape index (κ3) is 5.08. The number of rotatable bonds is 9. The zero-order chi connectivity index (χ0) is 13.2. The Kier molecular flexibility index (Phi) is 7.48. The Labute approximate surface area is 113 Å². The molecule has 0 heteroatoms. The number of benzene rings is 1. The van der Waals surface area contributed by atoms with E-state index in [1.807, 2.05) is 6.08 Å². The number of aryl methyl sites for hydroxylation is 2. The van der Waals surface area contributed by atoms with Gasteiger partial charge in [0.15, 0.2) is 0 Å². The topological polar surface area (TPSA) is 0 Å². The van der Waals surface area contributed by atoms with Gasteiger partial charge in [-0.05, 0) is 42.4 Å². The van der Waals surface area contributed by atoms with Gasteiger partial charge < -0.3 is 0 Å². The molecule has 1 rings (SSSR count). The van der Waals surface area contributed by atoms with Gasteiger partial charge in [-0.15, -0.1) is 0 Å². The van der Waals surface area contributed by atoms with Crippen LogP contribution in [-0.2, 0) is 12.8 Å². The summed E-state index contributed by atoms with van der Waals surface area (Å²) in [7, 11) is 0. The Bertz CT molecular complexity index is 349. The molecule has 0 aromatic heterocycles. The van der Waals surface area contributed by atoms with Crippen LogP contribution in [0.2, 0.25) is 0 Å². The lowest BCUT2D eigenvalue weighted by Gasteiger charge is -2.09. The lowest BCUT2D eigenvalue weighted by molar-refractivity contribution is 0.708. The quantitative estimate of drug-likeness (QED) is 0.482. The van der Waals surface area contributed by atoms with Crippen molar-refractivity contribution < 1.29 is 0 Å². The fraction of sp³-hybridized carbons (Fsp3) is 0.556.